The topological polar surface area (TPSA) is 70.1 Å². The summed E-state index contributed by atoms with van der Waals surface area (Å²) in [5.41, 5.74) is 1.46. The highest BCUT2D eigenvalue weighted by atomic mass is 19.4. The summed E-state index contributed by atoms with van der Waals surface area (Å²) in [6.07, 6.45) is -7.71. The number of amides is 1. The molecule has 0 spiro atoms. The van der Waals surface area contributed by atoms with Crippen LogP contribution in [0, 0.1) is 24.2 Å². The summed E-state index contributed by atoms with van der Waals surface area (Å²) in [4.78, 5) is 26.6. The largest absolute Gasteiger partial charge is 0.480 e. The molecule has 1 aromatic rings. The van der Waals surface area contributed by atoms with Gasteiger partial charge in [-0.05, 0) is 44.9 Å². The van der Waals surface area contributed by atoms with Crippen molar-refractivity contribution in [2.24, 2.45) is 5.41 Å². The second kappa shape index (κ2) is 9.60. The number of aliphatic carboxylic acids is 1. The summed E-state index contributed by atoms with van der Waals surface area (Å²) in [7, 11) is 0. The van der Waals surface area contributed by atoms with E-state index in [-0.39, 0.29) is 13.1 Å². The van der Waals surface area contributed by atoms with Gasteiger partial charge in [0, 0.05) is 38.3 Å². The van der Waals surface area contributed by atoms with Crippen molar-refractivity contribution in [1.82, 2.24) is 9.80 Å². The Morgan fingerprint density at radius 2 is 1.81 bits per heavy atom. The molecule has 170 valence electrons. The van der Waals surface area contributed by atoms with Gasteiger partial charge in [0.2, 0.25) is 0 Å². The standard InChI is InChI=1S/C22H27F3N2O4/c1-15-5-6-18(17(13-15)7-8-21(3,4)19(28)29)14-26-9-11-27(12-10-26)20(30)31-16(2)22(23,24)25/h5-6,13,16H,9-12,14H2,1-4H3,(H,28,29). The molecule has 9 heteroatoms. The summed E-state index contributed by atoms with van der Waals surface area (Å²) in [5.74, 6) is 4.78. The number of halogens is 3. The number of hydrogen-bond donors (Lipinski definition) is 1. The smallest absolute Gasteiger partial charge is 0.425 e. The molecule has 1 heterocycles. The molecule has 1 aliphatic heterocycles. The van der Waals surface area contributed by atoms with E-state index in [0.717, 1.165) is 23.6 Å². The molecule has 0 bridgehead atoms. The van der Waals surface area contributed by atoms with E-state index < -0.39 is 29.8 Å². The second-order valence-corrected chi connectivity index (χ2v) is 8.17. The van der Waals surface area contributed by atoms with Gasteiger partial charge in [0.15, 0.2) is 6.10 Å². The van der Waals surface area contributed by atoms with Crippen molar-refractivity contribution in [3.8, 4) is 11.8 Å². The van der Waals surface area contributed by atoms with Gasteiger partial charge in [-0.15, -0.1) is 0 Å². The Balaban J connectivity index is 2.02. The summed E-state index contributed by atoms with van der Waals surface area (Å²) in [5, 5.41) is 9.26. The number of carbonyl (C=O) groups excluding carboxylic acids is 1. The zero-order chi connectivity index (χ0) is 23.4. The fraction of sp³-hybridized carbons (Fsp3) is 0.545. The molecule has 31 heavy (non-hydrogen) atoms. The molecule has 0 radical (unpaired) electrons. The van der Waals surface area contributed by atoms with E-state index in [0.29, 0.717) is 19.6 Å². The van der Waals surface area contributed by atoms with Crippen LogP contribution in [-0.4, -0.2) is 65.4 Å². The predicted molar refractivity (Wildman–Crippen MR) is 108 cm³/mol. The third-order valence-corrected chi connectivity index (χ3v) is 5.07. The lowest BCUT2D eigenvalue weighted by molar-refractivity contribution is -0.200. The maximum Gasteiger partial charge on any atom is 0.425 e. The molecule has 1 unspecified atom stereocenters. The first kappa shape index (κ1) is 24.5. The Morgan fingerprint density at radius 1 is 1.19 bits per heavy atom. The monoisotopic (exact) mass is 440 g/mol. The molecule has 1 saturated heterocycles. The predicted octanol–water partition coefficient (Wildman–Crippen LogP) is 3.66. The molecule has 0 aromatic heterocycles. The lowest BCUT2D eigenvalue weighted by atomic mass is 9.93. The maximum atomic E-state index is 12.6. The van der Waals surface area contributed by atoms with E-state index in [1.807, 2.05) is 25.1 Å². The Morgan fingerprint density at radius 3 is 2.35 bits per heavy atom. The highest BCUT2D eigenvalue weighted by Crippen LogP contribution is 2.23. The van der Waals surface area contributed by atoms with E-state index in [1.54, 1.807) is 0 Å². The van der Waals surface area contributed by atoms with Crippen LogP contribution in [0.5, 0.6) is 0 Å². The van der Waals surface area contributed by atoms with Crippen molar-refractivity contribution in [2.45, 2.75) is 46.5 Å². The van der Waals surface area contributed by atoms with E-state index in [2.05, 4.69) is 21.5 Å². The van der Waals surface area contributed by atoms with Crippen LogP contribution in [0.25, 0.3) is 0 Å². The van der Waals surface area contributed by atoms with Crippen LogP contribution in [0.15, 0.2) is 18.2 Å². The van der Waals surface area contributed by atoms with E-state index >= 15 is 0 Å². The normalized spacial score (nSPS) is 16.3. The number of aryl methyl sites for hydroxylation is 1. The molecule has 1 fully saturated rings. The highest BCUT2D eigenvalue weighted by Gasteiger charge is 2.40. The molecule has 0 aliphatic carbocycles. The van der Waals surface area contributed by atoms with Crippen molar-refractivity contribution in [2.75, 3.05) is 26.2 Å². The summed E-state index contributed by atoms with van der Waals surface area (Å²) in [6, 6.07) is 5.76. The number of carboxylic acids is 1. The van der Waals surface area contributed by atoms with E-state index in [9.17, 15) is 27.9 Å². The number of benzene rings is 1. The first-order valence-electron chi connectivity index (χ1n) is 9.90. The minimum absolute atomic E-state index is 0.252. The van der Waals surface area contributed by atoms with Gasteiger partial charge in [0.1, 0.15) is 5.41 Å². The molecular weight excluding hydrogens is 413 g/mol. The summed E-state index contributed by atoms with van der Waals surface area (Å²) >= 11 is 0. The summed E-state index contributed by atoms with van der Waals surface area (Å²) < 4.78 is 42.2. The minimum atomic E-state index is -4.59. The molecule has 6 nitrogen and oxygen atoms in total. The average Bonchev–Trinajstić information content (AvgIpc) is 2.67. The first-order chi connectivity index (χ1) is 14.3. The lowest BCUT2D eigenvalue weighted by Crippen LogP contribution is -2.49. The van der Waals surface area contributed by atoms with Crippen molar-refractivity contribution >= 4 is 12.1 Å². The molecule has 1 amide bonds. The molecule has 2 rings (SSSR count). The fourth-order valence-corrected chi connectivity index (χ4v) is 2.84. The molecular formula is C22H27F3N2O4. The number of rotatable bonds is 4. The van der Waals surface area contributed by atoms with Gasteiger partial charge < -0.3 is 14.7 Å². The average molecular weight is 440 g/mol. The summed E-state index contributed by atoms with van der Waals surface area (Å²) in [6.45, 7) is 7.77. The Bertz CT molecular complexity index is 879. The Labute approximate surface area is 180 Å². The second-order valence-electron chi connectivity index (χ2n) is 8.17. The van der Waals surface area contributed by atoms with Gasteiger partial charge in [-0.1, -0.05) is 24.0 Å². The first-order valence-corrected chi connectivity index (χ1v) is 9.90. The number of carboxylic acid groups (broad SMARTS) is 1. The van der Waals surface area contributed by atoms with Crippen molar-refractivity contribution in [3.05, 3.63) is 34.9 Å². The lowest BCUT2D eigenvalue weighted by Gasteiger charge is -2.35. The van der Waals surface area contributed by atoms with Gasteiger partial charge in [-0.3, -0.25) is 9.69 Å². The quantitative estimate of drug-likeness (QED) is 0.724. The van der Waals surface area contributed by atoms with Crippen LogP contribution in [-0.2, 0) is 16.1 Å². The highest BCUT2D eigenvalue weighted by molar-refractivity contribution is 5.77. The van der Waals surface area contributed by atoms with Crippen LogP contribution in [0.2, 0.25) is 0 Å². The van der Waals surface area contributed by atoms with Crippen LogP contribution in [0.1, 0.15) is 37.5 Å². The number of piperazine rings is 1. The van der Waals surface area contributed by atoms with Crippen molar-refractivity contribution in [1.29, 1.82) is 0 Å². The van der Waals surface area contributed by atoms with Crippen molar-refractivity contribution in [3.63, 3.8) is 0 Å². The minimum Gasteiger partial charge on any atom is -0.480 e. The number of carbonyl (C=O) groups is 2. The number of nitrogens with zero attached hydrogens (tertiary/aromatic N) is 2. The van der Waals surface area contributed by atoms with Crippen LogP contribution in [0.4, 0.5) is 18.0 Å². The van der Waals surface area contributed by atoms with Crippen LogP contribution in [0.3, 0.4) is 0 Å². The molecule has 1 aromatic carbocycles. The number of ether oxygens (including phenoxy) is 1. The zero-order valence-corrected chi connectivity index (χ0v) is 18.0. The van der Waals surface area contributed by atoms with Crippen molar-refractivity contribution < 1.29 is 32.6 Å². The zero-order valence-electron chi connectivity index (χ0n) is 18.0. The maximum absolute atomic E-state index is 12.6. The molecule has 1 atom stereocenters. The van der Waals surface area contributed by atoms with Crippen LogP contribution >= 0.6 is 0 Å². The molecule has 1 aliphatic rings. The fourth-order valence-electron chi connectivity index (χ4n) is 2.84. The number of alkyl halides is 3. The van der Waals surface area contributed by atoms with Gasteiger partial charge in [0.05, 0.1) is 0 Å². The van der Waals surface area contributed by atoms with Gasteiger partial charge in [-0.2, -0.15) is 13.2 Å². The van der Waals surface area contributed by atoms with E-state index in [1.165, 1.54) is 18.7 Å². The van der Waals surface area contributed by atoms with E-state index in [4.69, 9.17) is 0 Å². The Kier molecular flexibility index (Phi) is 7.60. The number of hydrogen-bond acceptors (Lipinski definition) is 4. The van der Waals surface area contributed by atoms with Gasteiger partial charge in [-0.25, -0.2) is 4.79 Å². The third-order valence-electron chi connectivity index (χ3n) is 5.07. The van der Waals surface area contributed by atoms with Gasteiger partial charge >= 0.3 is 18.2 Å². The third kappa shape index (κ3) is 6.89. The molecule has 0 saturated carbocycles. The van der Waals surface area contributed by atoms with Gasteiger partial charge in [0.25, 0.3) is 0 Å². The SMILES string of the molecule is Cc1ccc(CN2CCN(C(=O)OC(C)C(F)(F)F)CC2)c(C#CC(C)(C)C(=O)O)c1. The molecule has 1 N–H and O–H groups in total. The Hall–Kier alpha value is -2.73. The van der Waals surface area contributed by atoms with Crippen LogP contribution < -0.4 is 0 Å².